The summed E-state index contributed by atoms with van der Waals surface area (Å²) in [6.07, 6.45) is 3.80. The highest BCUT2D eigenvalue weighted by Crippen LogP contribution is 2.03. The average Bonchev–Trinajstić information content (AvgIpc) is 2.87. The second kappa shape index (κ2) is 8.20. The third kappa shape index (κ3) is 5.28. The molecule has 0 aromatic carbocycles. The van der Waals surface area contributed by atoms with Crippen molar-refractivity contribution < 1.29 is 4.79 Å². The molecule has 1 rings (SSSR count). The third-order valence-electron chi connectivity index (χ3n) is 2.71. The lowest BCUT2D eigenvalue weighted by Crippen LogP contribution is -2.27. The third-order valence-corrected chi connectivity index (χ3v) is 3.48. The van der Waals surface area contributed by atoms with Crippen molar-refractivity contribution in [2.75, 3.05) is 26.2 Å². The van der Waals surface area contributed by atoms with Crippen molar-refractivity contribution >= 4 is 17.2 Å². The lowest BCUT2D eigenvalue weighted by Gasteiger charge is -2.17. The lowest BCUT2D eigenvalue weighted by molar-refractivity contribution is 0.0952. The fourth-order valence-corrected chi connectivity index (χ4v) is 2.16. The van der Waals surface area contributed by atoms with Gasteiger partial charge in [-0.2, -0.15) is 0 Å². The summed E-state index contributed by atoms with van der Waals surface area (Å²) in [5.74, 6) is -0.0529. The summed E-state index contributed by atoms with van der Waals surface area (Å²) in [5, 5.41) is 5.25. The number of carbonyl (C=O) groups is 1. The van der Waals surface area contributed by atoms with E-state index in [4.69, 9.17) is 0 Å². The highest BCUT2D eigenvalue weighted by molar-refractivity contribution is 7.11. The topological polar surface area (TPSA) is 45.2 Å². The Hall–Kier alpha value is -0.940. The molecular formula is C12H21N3OS. The van der Waals surface area contributed by atoms with Crippen molar-refractivity contribution in [3.63, 3.8) is 0 Å². The Labute approximate surface area is 107 Å². The zero-order valence-corrected chi connectivity index (χ0v) is 11.4. The molecule has 0 aliphatic heterocycles. The Morgan fingerprint density at radius 1 is 1.41 bits per heavy atom. The first-order valence-corrected chi connectivity index (χ1v) is 7.06. The predicted octanol–water partition coefficient (Wildman–Crippen LogP) is 1.99. The molecule has 5 heteroatoms. The van der Waals surface area contributed by atoms with E-state index in [1.165, 1.54) is 11.3 Å². The maximum atomic E-state index is 11.5. The van der Waals surface area contributed by atoms with E-state index in [-0.39, 0.29) is 5.91 Å². The maximum absolute atomic E-state index is 11.5. The second-order valence-electron chi connectivity index (χ2n) is 3.83. The molecule has 0 saturated heterocycles. The molecule has 0 bridgehead atoms. The number of aromatic nitrogens is 1. The maximum Gasteiger partial charge on any atom is 0.280 e. The van der Waals surface area contributed by atoms with Gasteiger partial charge in [-0.05, 0) is 32.5 Å². The molecule has 96 valence electrons. The largest absolute Gasteiger partial charge is 0.350 e. The van der Waals surface area contributed by atoms with Gasteiger partial charge in [0.25, 0.3) is 5.91 Å². The molecule has 17 heavy (non-hydrogen) atoms. The minimum atomic E-state index is -0.0529. The predicted molar refractivity (Wildman–Crippen MR) is 71.5 cm³/mol. The Morgan fingerprint density at radius 3 is 2.76 bits per heavy atom. The fourth-order valence-electron chi connectivity index (χ4n) is 1.61. The van der Waals surface area contributed by atoms with Crippen molar-refractivity contribution in [1.29, 1.82) is 0 Å². The molecule has 4 nitrogen and oxygen atoms in total. The number of unbranched alkanes of at least 4 members (excludes halogenated alkanes) is 1. The first-order valence-electron chi connectivity index (χ1n) is 6.18. The summed E-state index contributed by atoms with van der Waals surface area (Å²) in [6.45, 7) is 8.39. The van der Waals surface area contributed by atoms with E-state index in [2.05, 4.69) is 29.0 Å². The standard InChI is InChI=1S/C12H21N3OS/c1-3-15(4-2)9-6-5-7-13-11(16)12-14-8-10-17-12/h8,10H,3-7,9H2,1-2H3,(H,13,16). The molecule has 0 fully saturated rings. The van der Waals surface area contributed by atoms with Gasteiger partial charge in [-0.15, -0.1) is 11.3 Å². The van der Waals surface area contributed by atoms with Crippen molar-refractivity contribution in [1.82, 2.24) is 15.2 Å². The number of thiazole rings is 1. The van der Waals surface area contributed by atoms with E-state index in [1.54, 1.807) is 6.20 Å². The number of nitrogens with one attached hydrogen (secondary N) is 1. The molecule has 1 amide bonds. The van der Waals surface area contributed by atoms with Crippen LogP contribution in [0.25, 0.3) is 0 Å². The molecule has 0 aliphatic rings. The number of carbonyl (C=O) groups excluding carboxylic acids is 1. The summed E-state index contributed by atoms with van der Waals surface area (Å²) >= 11 is 1.38. The highest BCUT2D eigenvalue weighted by atomic mass is 32.1. The number of amides is 1. The quantitative estimate of drug-likeness (QED) is 0.723. The van der Waals surface area contributed by atoms with Crippen LogP contribution in [-0.4, -0.2) is 42.0 Å². The van der Waals surface area contributed by atoms with Crippen LogP contribution in [0, 0.1) is 0 Å². The Balaban J connectivity index is 2.06. The molecule has 0 radical (unpaired) electrons. The van der Waals surface area contributed by atoms with E-state index < -0.39 is 0 Å². The summed E-state index contributed by atoms with van der Waals surface area (Å²) < 4.78 is 0. The van der Waals surface area contributed by atoms with Gasteiger partial charge in [0.05, 0.1) is 0 Å². The van der Waals surface area contributed by atoms with E-state index >= 15 is 0 Å². The van der Waals surface area contributed by atoms with Gasteiger partial charge in [0.1, 0.15) is 0 Å². The van der Waals surface area contributed by atoms with E-state index in [9.17, 15) is 4.79 Å². The lowest BCUT2D eigenvalue weighted by atomic mass is 10.3. The second-order valence-corrected chi connectivity index (χ2v) is 4.72. The molecule has 0 saturated carbocycles. The molecule has 1 N–H and O–H groups in total. The zero-order chi connectivity index (χ0) is 12.5. The minimum absolute atomic E-state index is 0.0529. The summed E-state index contributed by atoms with van der Waals surface area (Å²) in [5.41, 5.74) is 0. The van der Waals surface area contributed by atoms with Crippen LogP contribution in [0.2, 0.25) is 0 Å². The molecule has 0 aliphatic carbocycles. The smallest absolute Gasteiger partial charge is 0.280 e. The SMILES string of the molecule is CCN(CC)CCCCNC(=O)c1nccs1. The van der Waals surface area contributed by atoms with Gasteiger partial charge in [0.15, 0.2) is 5.01 Å². The molecular weight excluding hydrogens is 234 g/mol. The molecule has 0 atom stereocenters. The van der Waals surface area contributed by atoms with Gasteiger partial charge in [-0.25, -0.2) is 4.98 Å². The first kappa shape index (κ1) is 14.1. The molecule has 1 heterocycles. The number of hydrogen-bond donors (Lipinski definition) is 1. The van der Waals surface area contributed by atoms with E-state index in [0.29, 0.717) is 5.01 Å². The van der Waals surface area contributed by atoms with Gasteiger partial charge >= 0.3 is 0 Å². The van der Waals surface area contributed by atoms with Crippen LogP contribution in [0.3, 0.4) is 0 Å². The van der Waals surface area contributed by atoms with Crippen molar-refractivity contribution in [3.05, 3.63) is 16.6 Å². The molecule has 0 spiro atoms. The van der Waals surface area contributed by atoms with Gasteiger partial charge in [0.2, 0.25) is 0 Å². The van der Waals surface area contributed by atoms with Crippen molar-refractivity contribution in [2.24, 2.45) is 0 Å². The van der Waals surface area contributed by atoms with Crippen LogP contribution in [0.1, 0.15) is 36.5 Å². The first-order chi connectivity index (χ1) is 8.27. The summed E-state index contributed by atoms with van der Waals surface area (Å²) in [6, 6.07) is 0. The average molecular weight is 255 g/mol. The Kier molecular flexibility index (Phi) is 6.81. The van der Waals surface area contributed by atoms with Crippen molar-refractivity contribution in [3.8, 4) is 0 Å². The number of rotatable bonds is 8. The van der Waals surface area contributed by atoms with Crippen LogP contribution >= 0.6 is 11.3 Å². The van der Waals surface area contributed by atoms with Gasteiger partial charge in [0, 0.05) is 18.1 Å². The van der Waals surface area contributed by atoms with E-state index in [0.717, 1.165) is 39.0 Å². The van der Waals surface area contributed by atoms with Crippen LogP contribution in [0.5, 0.6) is 0 Å². The summed E-state index contributed by atoms with van der Waals surface area (Å²) in [7, 11) is 0. The van der Waals surface area contributed by atoms with Gasteiger partial charge < -0.3 is 10.2 Å². The van der Waals surface area contributed by atoms with Crippen LogP contribution in [0.15, 0.2) is 11.6 Å². The molecule has 1 aromatic heterocycles. The van der Waals surface area contributed by atoms with Crippen LogP contribution in [-0.2, 0) is 0 Å². The van der Waals surface area contributed by atoms with Crippen LogP contribution in [0.4, 0.5) is 0 Å². The van der Waals surface area contributed by atoms with Crippen LogP contribution < -0.4 is 5.32 Å². The normalized spacial score (nSPS) is 10.8. The Bertz CT molecular complexity index is 310. The fraction of sp³-hybridized carbons (Fsp3) is 0.667. The molecule has 1 aromatic rings. The van der Waals surface area contributed by atoms with Gasteiger partial charge in [-0.1, -0.05) is 13.8 Å². The Morgan fingerprint density at radius 2 is 2.18 bits per heavy atom. The summed E-state index contributed by atoms with van der Waals surface area (Å²) in [4.78, 5) is 17.9. The highest BCUT2D eigenvalue weighted by Gasteiger charge is 2.06. The van der Waals surface area contributed by atoms with Crippen molar-refractivity contribution in [2.45, 2.75) is 26.7 Å². The zero-order valence-electron chi connectivity index (χ0n) is 10.6. The molecule has 0 unspecified atom stereocenters. The van der Waals surface area contributed by atoms with Gasteiger partial charge in [-0.3, -0.25) is 4.79 Å². The van der Waals surface area contributed by atoms with E-state index in [1.807, 2.05) is 5.38 Å². The monoisotopic (exact) mass is 255 g/mol. The number of hydrogen-bond acceptors (Lipinski definition) is 4. The number of nitrogens with zero attached hydrogens (tertiary/aromatic N) is 2. The minimum Gasteiger partial charge on any atom is -0.350 e.